The zero-order chi connectivity index (χ0) is 15.1. The molecule has 110 valence electrons. The molecule has 2 aromatic carbocycles. The number of carbonyl (C=O) groups excluding carboxylic acids is 1. The monoisotopic (exact) mass is 284 g/mol. The molecule has 2 aromatic rings. The first-order valence-corrected chi connectivity index (χ1v) is 7.07. The number of anilines is 1. The van der Waals surface area contributed by atoms with Crippen molar-refractivity contribution in [3.8, 4) is 11.5 Å². The van der Waals surface area contributed by atoms with Gasteiger partial charge in [-0.15, -0.1) is 0 Å². The molecule has 21 heavy (non-hydrogen) atoms. The van der Waals surface area contributed by atoms with Crippen LogP contribution < -0.4 is 15.8 Å². The number of benzene rings is 2. The molecule has 2 rings (SSSR count). The van der Waals surface area contributed by atoms with E-state index in [2.05, 4.69) is 5.32 Å². The molecule has 0 aliphatic rings. The van der Waals surface area contributed by atoms with Gasteiger partial charge in [0.1, 0.15) is 5.75 Å². The van der Waals surface area contributed by atoms with Crippen molar-refractivity contribution in [1.29, 1.82) is 0 Å². The standard InChI is InChI=1S/C17H20N2O2/c1-2-13(12-18)17(20)19-15-10-6-7-11-16(15)21-14-8-4-3-5-9-14/h3-11,13H,2,12,18H2,1H3,(H,19,20). The molecule has 0 saturated carbocycles. The fraction of sp³-hybridized carbons (Fsp3) is 0.235. The van der Waals surface area contributed by atoms with Gasteiger partial charge in [0, 0.05) is 6.54 Å². The van der Waals surface area contributed by atoms with Crippen molar-refractivity contribution in [1.82, 2.24) is 0 Å². The van der Waals surface area contributed by atoms with Crippen LogP contribution >= 0.6 is 0 Å². The summed E-state index contributed by atoms with van der Waals surface area (Å²) in [6.45, 7) is 2.29. The maximum Gasteiger partial charge on any atom is 0.228 e. The Bertz CT molecular complexity index is 580. The molecule has 0 saturated heterocycles. The van der Waals surface area contributed by atoms with Gasteiger partial charge >= 0.3 is 0 Å². The zero-order valence-electron chi connectivity index (χ0n) is 12.1. The minimum Gasteiger partial charge on any atom is -0.455 e. The van der Waals surface area contributed by atoms with Gasteiger partial charge in [-0.2, -0.15) is 0 Å². The molecule has 0 aliphatic carbocycles. The van der Waals surface area contributed by atoms with Crippen LogP contribution in [0.15, 0.2) is 54.6 Å². The molecular weight excluding hydrogens is 264 g/mol. The molecule has 0 bridgehead atoms. The number of amides is 1. The first kappa shape index (κ1) is 15.1. The van der Waals surface area contributed by atoms with Crippen molar-refractivity contribution in [2.75, 3.05) is 11.9 Å². The molecule has 1 amide bonds. The Morgan fingerprint density at radius 1 is 1.14 bits per heavy atom. The summed E-state index contributed by atoms with van der Waals surface area (Å²) in [5, 5.41) is 2.89. The second-order valence-electron chi connectivity index (χ2n) is 4.74. The average Bonchev–Trinajstić information content (AvgIpc) is 2.51. The normalized spacial score (nSPS) is 11.7. The van der Waals surface area contributed by atoms with Crippen molar-refractivity contribution in [2.45, 2.75) is 13.3 Å². The Hall–Kier alpha value is -2.33. The van der Waals surface area contributed by atoms with Gasteiger partial charge in [0.2, 0.25) is 5.91 Å². The molecule has 0 fully saturated rings. The van der Waals surface area contributed by atoms with Crippen molar-refractivity contribution in [3.63, 3.8) is 0 Å². The number of hydrogen-bond acceptors (Lipinski definition) is 3. The lowest BCUT2D eigenvalue weighted by Gasteiger charge is -2.15. The van der Waals surface area contributed by atoms with E-state index in [4.69, 9.17) is 10.5 Å². The minimum atomic E-state index is -0.185. The average molecular weight is 284 g/mol. The van der Waals surface area contributed by atoms with Crippen LogP contribution in [0, 0.1) is 5.92 Å². The Morgan fingerprint density at radius 2 is 1.81 bits per heavy atom. The van der Waals surface area contributed by atoms with Gasteiger partial charge in [-0.25, -0.2) is 0 Å². The van der Waals surface area contributed by atoms with Gasteiger partial charge in [-0.05, 0) is 30.7 Å². The SMILES string of the molecule is CCC(CN)C(=O)Nc1ccccc1Oc1ccccc1. The van der Waals surface area contributed by atoms with Crippen LogP contribution in [0.4, 0.5) is 5.69 Å². The number of carbonyl (C=O) groups is 1. The Labute approximate surface area is 124 Å². The third kappa shape index (κ3) is 4.07. The van der Waals surface area contributed by atoms with E-state index in [1.165, 1.54) is 0 Å². The van der Waals surface area contributed by atoms with Crippen LogP contribution in [0.1, 0.15) is 13.3 Å². The van der Waals surface area contributed by atoms with Crippen LogP contribution in [0.2, 0.25) is 0 Å². The van der Waals surface area contributed by atoms with Crippen LogP contribution in [-0.4, -0.2) is 12.5 Å². The fourth-order valence-corrected chi connectivity index (χ4v) is 1.97. The van der Waals surface area contributed by atoms with Crippen molar-refractivity contribution >= 4 is 11.6 Å². The van der Waals surface area contributed by atoms with E-state index in [0.717, 1.165) is 5.75 Å². The van der Waals surface area contributed by atoms with E-state index in [9.17, 15) is 4.79 Å². The van der Waals surface area contributed by atoms with E-state index in [-0.39, 0.29) is 11.8 Å². The second kappa shape index (κ2) is 7.45. The lowest BCUT2D eigenvalue weighted by atomic mass is 10.1. The quantitative estimate of drug-likeness (QED) is 0.854. The van der Waals surface area contributed by atoms with Crippen LogP contribution in [0.5, 0.6) is 11.5 Å². The Balaban J connectivity index is 2.15. The highest BCUT2D eigenvalue weighted by Crippen LogP contribution is 2.29. The summed E-state index contributed by atoms with van der Waals surface area (Å²) in [6.07, 6.45) is 0.712. The number of para-hydroxylation sites is 3. The summed E-state index contributed by atoms with van der Waals surface area (Å²) in [4.78, 5) is 12.1. The van der Waals surface area contributed by atoms with Gasteiger partial charge in [0.15, 0.2) is 5.75 Å². The molecule has 4 nitrogen and oxygen atoms in total. The predicted octanol–water partition coefficient (Wildman–Crippen LogP) is 3.40. The summed E-state index contributed by atoms with van der Waals surface area (Å²) >= 11 is 0. The highest BCUT2D eigenvalue weighted by Gasteiger charge is 2.16. The lowest BCUT2D eigenvalue weighted by Crippen LogP contribution is -2.28. The summed E-state index contributed by atoms with van der Waals surface area (Å²) in [7, 11) is 0. The van der Waals surface area contributed by atoms with E-state index >= 15 is 0 Å². The number of nitrogens with one attached hydrogen (secondary N) is 1. The van der Waals surface area contributed by atoms with E-state index in [1.54, 1.807) is 0 Å². The largest absolute Gasteiger partial charge is 0.455 e. The third-order valence-electron chi connectivity index (χ3n) is 3.26. The van der Waals surface area contributed by atoms with Crippen molar-refractivity contribution in [3.05, 3.63) is 54.6 Å². The number of hydrogen-bond donors (Lipinski definition) is 2. The Morgan fingerprint density at radius 3 is 2.48 bits per heavy atom. The first-order chi connectivity index (χ1) is 10.2. The highest BCUT2D eigenvalue weighted by molar-refractivity contribution is 5.94. The molecular formula is C17H20N2O2. The van der Waals surface area contributed by atoms with Gasteiger partial charge < -0.3 is 15.8 Å². The zero-order valence-corrected chi connectivity index (χ0v) is 12.1. The maximum absolute atomic E-state index is 12.1. The maximum atomic E-state index is 12.1. The van der Waals surface area contributed by atoms with Gasteiger partial charge in [0.05, 0.1) is 11.6 Å². The molecule has 1 unspecified atom stereocenters. The number of ether oxygens (including phenoxy) is 1. The van der Waals surface area contributed by atoms with Crippen LogP contribution in [0.3, 0.4) is 0 Å². The van der Waals surface area contributed by atoms with E-state index in [1.807, 2.05) is 61.5 Å². The van der Waals surface area contributed by atoms with Gasteiger partial charge in [-0.3, -0.25) is 4.79 Å². The van der Waals surface area contributed by atoms with Crippen LogP contribution in [-0.2, 0) is 4.79 Å². The molecule has 0 aliphatic heterocycles. The van der Waals surface area contributed by atoms with Gasteiger partial charge in [-0.1, -0.05) is 37.3 Å². The first-order valence-electron chi connectivity index (χ1n) is 7.07. The number of rotatable bonds is 6. The lowest BCUT2D eigenvalue weighted by molar-refractivity contribution is -0.119. The van der Waals surface area contributed by atoms with Crippen LogP contribution in [0.25, 0.3) is 0 Å². The van der Waals surface area contributed by atoms with Crippen molar-refractivity contribution < 1.29 is 9.53 Å². The highest BCUT2D eigenvalue weighted by atomic mass is 16.5. The molecule has 4 heteroatoms. The second-order valence-corrected chi connectivity index (χ2v) is 4.74. The van der Waals surface area contributed by atoms with Crippen molar-refractivity contribution in [2.24, 2.45) is 11.7 Å². The molecule has 3 N–H and O–H groups in total. The topological polar surface area (TPSA) is 64.4 Å². The Kier molecular flexibility index (Phi) is 5.35. The predicted molar refractivity (Wildman–Crippen MR) is 84.4 cm³/mol. The van der Waals surface area contributed by atoms with E-state index in [0.29, 0.717) is 24.4 Å². The molecule has 0 aromatic heterocycles. The molecule has 0 spiro atoms. The van der Waals surface area contributed by atoms with Gasteiger partial charge in [0.25, 0.3) is 0 Å². The van der Waals surface area contributed by atoms with E-state index < -0.39 is 0 Å². The molecule has 0 radical (unpaired) electrons. The summed E-state index contributed by atoms with van der Waals surface area (Å²) < 4.78 is 5.81. The number of nitrogens with two attached hydrogens (primary N) is 1. The fourth-order valence-electron chi connectivity index (χ4n) is 1.97. The molecule has 1 atom stereocenters. The smallest absolute Gasteiger partial charge is 0.228 e. The summed E-state index contributed by atoms with van der Waals surface area (Å²) in [6, 6.07) is 16.8. The molecule has 0 heterocycles. The third-order valence-corrected chi connectivity index (χ3v) is 3.26. The minimum absolute atomic E-state index is 0.0795. The summed E-state index contributed by atoms with van der Waals surface area (Å²) in [5.74, 6) is 1.08. The summed E-state index contributed by atoms with van der Waals surface area (Å²) in [5.41, 5.74) is 6.26.